The van der Waals surface area contributed by atoms with Crippen LogP contribution in [-0.2, 0) is 18.4 Å². The Kier molecular flexibility index (Phi) is 5.17. The number of carbonyl (C=O) groups excluding carboxylic acids is 1. The molecule has 1 fully saturated rings. The van der Waals surface area contributed by atoms with Crippen LogP contribution in [0, 0.1) is 0 Å². The number of nitrogens with zero attached hydrogens (tertiary/aromatic N) is 4. The molecule has 0 aliphatic carbocycles. The molecule has 0 N–H and O–H groups in total. The van der Waals surface area contributed by atoms with Crippen molar-refractivity contribution in [2.45, 2.75) is 45.3 Å². The van der Waals surface area contributed by atoms with Gasteiger partial charge in [-0.25, -0.2) is 0 Å². The van der Waals surface area contributed by atoms with E-state index in [4.69, 9.17) is 0 Å². The lowest BCUT2D eigenvalue weighted by molar-refractivity contribution is -0.138. The van der Waals surface area contributed by atoms with E-state index in [0.29, 0.717) is 6.54 Å². The van der Waals surface area contributed by atoms with Crippen molar-refractivity contribution in [1.82, 2.24) is 19.6 Å². The van der Waals surface area contributed by atoms with E-state index in [1.807, 2.05) is 30.4 Å². The van der Waals surface area contributed by atoms with Crippen LogP contribution in [0.25, 0.3) is 0 Å². The van der Waals surface area contributed by atoms with E-state index in [-0.39, 0.29) is 18.0 Å². The molecule has 116 valence electrons. The van der Waals surface area contributed by atoms with Crippen LogP contribution in [0.15, 0.2) is 25.0 Å². The van der Waals surface area contributed by atoms with Gasteiger partial charge in [-0.15, -0.1) is 6.58 Å². The Hall–Kier alpha value is -1.62. The maximum absolute atomic E-state index is 12.9. The molecule has 5 heteroatoms. The summed E-state index contributed by atoms with van der Waals surface area (Å²) in [5.74, 6) is 0.230. The van der Waals surface area contributed by atoms with E-state index >= 15 is 0 Å². The summed E-state index contributed by atoms with van der Waals surface area (Å²) in [6.45, 7) is 10.3. The number of amides is 1. The van der Waals surface area contributed by atoms with Gasteiger partial charge in [0.1, 0.15) is 0 Å². The first-order valence-electron chi connectivity index (χ1n) is 7.66. The van der Waals surface area contributed by atoms with Crippen LogP contribution in [0.2, 0.25) is 0 Å². The fraction of sp³-hybridized carbons (Fsp3) is 0.625. The second-order valence-corrected chi connectivity index (χ2v) is 6.02. The van der Waals surface area contributed by atoms with Gasteiger partial charge in [-0.3, -0.25) is 14.4 Å². The molecular formula is C16H26N4O. The smallest absolute Gasteiger partial charge is 0.240 e. The first-order valence-corrected chi connectivity index (χ1v) is 7.66. The summed E-state index contributed by atoms with van der Waals surface area (Å²) >= 11 is 0. The predicted molar refractivity (Wildman–Crippen MR) is 83.7 cm³/mol. The van der Waals surface area contributed by atoms with Crippen molar-refractivity contribution in [3.05, 3.63) is 30.6 Å². The Morgan fingerprint density at radius 1 is 1.62 bits per heavy atom. The van der Waals surface area contributed by atoms with Crippen molar-refractivity contribution >= 4 is 5.91 Å². The monoisotopic (exact) mass is 290 g/mol. The van der Waals surface area contributed by atoms with Crippen molar-refractivity contribution in [1.29, 1.82) is 0 Å². The average molecular weight is 290 g/mol. The quantitative estimate of drug-likeness (QED) is 0.750. The van der Waals surface area contributed by atoms with E-state index in [0.717, 1.165) is 31.5 Å². The standard InChI is InChI=1S/C16H26N4O/c1-5-8-19-9-6-7-15(19)16(21)20(13(2)3)12-14-10-17-18(4)11-14/h5,10-11,13,15H,1,6-9,12H2,2-4H3/t15-/m0/s1. The normalized spacial score (nSPS) is 19.1. The highest BCUT2D eigenvalue weighted by molar-refractivity contribution is 5.82. The van der Waals surface area contributed by atoms with E-state index < -0.39 is 0 Å². The number of rotatable bonds is 6. The highest BCUT2D eigenvalue weighted by atomic mass is 16.2. The summed E-state index contributed by atoms with van der Waals surface area (Å²) in [6, 6.07) is 0.186. The fourth-order valence-electron chi connectivity index (χ4n) is 2.95. The zero-order valence-corrected chi connectivity index (χ0v) is 13.3. The van der Waals surface area contributed by atoms with Crippen molar-refractivity contribution < 1.29 is 4.79 Å². The summed E-state index contributed by atoms with van der Waals surface area (Å²) in [6.07, 6.45) is 7.72. The minimum Gasteiger partial charge on any atom is -0.334 e. The number of aromatic nitrogens is 2. The third-order valence-electron chi connectivity index (χ3n) is 4.03. The van der Waals surface area contributed by atoms with Gasteiger partial charge in [0.25, 0.3) is 0 Å². The molecule has 0 spiro atoms. The maximum atomic E-state index is 12.9. The third-order valence-corrected chi connectivity index (χ3v) is 4.03. The molecule has 0 bridgehead atoms. The van der Waals surface area contributed by atoms with Crippen LogP contribution >= 0.6 is 0 Å². The minimum absolute atomic E-state index is 0.00192. The van der Waals surface area contributed by atoms with E-state index in [9.17, 15) is 4.79 Å². The van der Waals surface area contributed by atoms with Crippen LogP contribution in [0.3, 0.4) is 0 Å². The fourth-order valence-corrected chi connectivity index (χ4v) is 2.95. The molecule has 2 heterocycles. The van der Waals surface area contributed by atoms with Crippen molar-refractivity contribution in [3.63, 3.8) is 0 Å². The molecule has 0 radical (unpaired) electrons. The predicted octanol–water partition coefficient (Wildman–Crippen LogP) is 1.81. The zero-order valence-electron chi connectivity index (χ0n) is 13.3. The Bertz CT molecular complexity index is 494. The highest BCUT2D eigenvalue weighted by Gasteiger charge is 2.33. The van der Waals surface area contributed by atoms with E-state index in [2.05, 4.69) is 30.4 Å². The van der Waals surface area contributed by atoms with E-state index in [1.165, 1.54) is 0 Å². The molecule has 1 aliphatic rings. The largest absolute Gasteiger partial charge is 0.334 e. The molecular weight excluding hydrogens is 264 g/mol. The maximum Gasteiger partial charge on any atom is 0.240 e. The van der Waals surface area contributed by atoms with Gasteiger partial charge in [0, 0.05) is 37.9 Å². The van der Waals surface area contributed by atoms with Gasteiger partial charge in [0.05, 0.1) is 12.2 Å². The summed E-state index contributed by atoms with van der Waals surface area (Å²) < 4.78 is 1.78. The zero-order chi connectivity index (χ0) is 15.4. The second-order valence-electron chi connectivity index (χ2n) is 6.02. The van der Waals surface area contributed by atoms with Gasteiger partial charge in [0.15, 0.2) is 0 Å². The lowest BCUT2D eigenvalue weighted by Crippen LogP contribution is -2.47. The van der Waals surface area contributed by atoms with Gasteiger partial charge in [0.2, 0.25) is 5.91 Å². The number of aryl methyl sites for hydroxylation is 1. The van der Waals surface area contributed by atoms with Crippen molar-refractivity contribution in [3.8, 4) is 0 Å². The van der Waals surface area contributed by atoms with Crippen LogP contribution in [0.5, 0.6) is 0 Å². The Morgan fingerprint density at radius 3 is 2.95 bits per heavy atom. The number of likely N-dealkylation sites (tertiary alicyclic amines) is 1. The lowest BCUT2D eigenvalue weighted by atomic mass is 10.1. The van der Waals surface area contributed by atoms with Gasteiger partial charge < -0.3 is 4.90 Å². The summed E-state index contributed by atoms with van der Waals surface area (Å²) in [4.78, 5) is 17.1. The van der Waals surface area contributed by atoms with Crippen molar-refractivity contribution in [2.24, 2.45) is 7.05 Å². The summed E-state index contributed by atoms with van der Waals surface area (Å²) in [7, 11) is 1.90. The molecule has 1 aromatic heterocycles. The van der Waals surface area contributed by atoms with Gasteiger partial charge in [-0.2, -0.15) is 5.10 Å². The van der Waals surface area contributed by atoms with E-state index in [1.54, 1.807) is 4.68 Å². The summed E-state index contributed by atoms with van der Waals surface area (Å²) in [5.41, 5.74) is 1.08. The lowest BCUT2D eigenvalue weighted by Gasteiger charge is -2.32. The molecule has 1 saturated heterocycles. The molecule has 1 amide bonds. The average Bonchev–Trinajstić information content (AvgIpc) is 3.04. The molecule has 1 aromatic rings. The van der Waals surface area contributed by atoms with Crippen LogP contribution in [0.4, 0.5) is 0 Å². The number of hydrogen-bond acceptors (Lipinski definition) is 3. The molecule has 21 heavy (non-hydrogen) atoms. The van der Waals surface area contributed by atoms with Crippen LogP contribution in [-0.4, -0.2) is 50.7 Å². The molecule has 1 atom stereocenters. The molecule has 0 aromatic carbocycles. The minimum atomic E-state index is 0.00192. The number of hydrogen-bond donors (Lipinski definition) is 0. The first-order chi connectivity index (χ1) is 10.0. The molecule has 0 saturated carbocycles. The number of carbonyl (C=O) groups is 1. The van der Waals surface area contributed by atoms with Gasteiger partial charge >= 0.3 is 0 Å². The van der Waals surface area contributed by atoms with Gasteiger partial charge in [-0.05, 0) is 33.2 Å². The Labute approximate surface area is 127 Å². The molecule has 5 nitrogen and oxygen atoms in total. The molecule has 0 unspecified atom stereocenters. The van der Waals surface area contributed by atoms with Crippen LogP contribution in [0.1, 0.15) is 32.3 Å². The summed E-state index contributed by atoms with van der Waals surface area (Å²) in [5, 5.41) is 4.19. The molecule has 1 aliphatic heterocycles. The topological polar surface area (TPSA) is 41.4 Å². The SMILES string of the molecule is C=CCN1CCC[C@H]1C(=O)N(Cc1cnn(C)c1)C(C)C. The highest BCUT2D eigenvalue weighted by Crippen LogP contribution is 2.21. The molecule has 2 rings (SSSR count). The third kappa shape index (κ3) is 3.73. The Balaban J connectivity index is 2.10. The second kappa shape index (κ2) is 6.89. The van der Waals surface area contributed by atoms with Gasteiger partial charge in [-0.1, -0.05) is 6.08 Å². The van der Waals surface area contributed by atoms with Crippen LogP contribution < -0.4 is 0 Å². The first kappa shape index (κ1) is 15.8. The van der Waals surface area contributed by atoms with Crippen molar-refractivity contribution in [2.75, 3.05) is 13.1 Å². The Morgan fingerprint density at radius 2 is 2.38 bits per heavy atom.